The van der Waals surface area contributed by atoms with Crippen molar-refractivity contribution in [3.8, 4) is 91.3 Å². The standard InChI is InChI=1S/C65H45F3N16/c1-32-71-33(2)76-61(75-32)42-11-19-56-51(25-42)52-26-43(62-77-34(3)72-35(4)78-62)12-20-57(52)83(56)46-15-17-47(48-16-9-41(31-70)24-55(48)65(66,67)68)49(29-46)50-23-40(30-69)10-18-58(50)84-59-21-13-44(63-79-36(5)73-37(6)80-63)27-53(59)54-28-45(14-22-60(54)84)64-81-38(7)74-39(8)82-64/h9-29H,1-8H3. The van der Waals surface area contributed by atoms with Gasteiger partial charge < -0.3 is 9.13 Å². The monoisotopic (exact) mass is 1110 g/mol. The van der Waals surface area contributed by atoms with Gasteiger partial charge in [0, 0.05) is 55.0 Å². The highest BCUT2D eigenvalue weighted by Crippen LogP contribution is 2.47. The Bertz CT molecular complexity index is 4750. The Morgan fingerprint density at radius 3 is 1.05 bits per heavy atom. The average Bonchev–Trinajstić information content (AvgIpc) is 3.99. The van der Waals surface area contributed by atoms with Gasteiger partial charge in [0.05, 0.1) is 56.6 Å². The molecule has 16 nitrogen and oxygen atoms in total. The van der Waals surface area contributed by atoms with E-state index in [-0.39, 0.29) is 22.3 Å². The van der Waals surface area contributed by atoms with Gasteiger partial charge in [-0.1, -0.05) is 12.1 Å². The summed E-state index contributed by atoms with van der Waals surface area (Å²) in [6, 6.07) is 42.1. The number of halogens is 3. The molecule has 13 aromatic rings. The Morgan fingerprint density at radius 2 is 0.679 bits per heavy atom. The lowest BCUT2D eigenvalue weighted by Gasteiger charge is -2.21. The third-order valence-electron chi connectivity index (χ3n) is 14.7. The SMILES string of the molecule is Cc1nc(C)nc(-c2ccc3c(c2)c2cc(-c4nc(C)nc(C)n4)ccc2n3-c2ccc(-c3ccc(C#N)cc3C(F)(F)F)c(-c3cc(C#N)ccc3-n3c4ccc(-c5nc(C)nc(C)n5)cc4c4cc(-c5nc(C)nc(C)n5)ccc43)c2)n1. The number of nitrogens with zero attached hydrogens (tertiary/aromatic N) is 16. The first-order valence-corrected chi connectivity index (χ1v) is 26.6. The van der Waals surface area contributed by atoms with Gasteiger partial charge >= 0.3 is 6.18 Å². The minimum absolute atomic E-state index is 0.153. The number of benzene rings is 7. The molecule has 0 atom stereocenters. The van der Waals surface area contributed by atoms with Crippen molar-refractivity contribution in [2.75, 3.05) is 0 Å². The average molecular weight is 1110 g/mol. The number of aryl methyl sites for hydroxylation is 8. The van der Waals surface area contributed by atoms with Crippen LogP contribution in [-0.2, 0) is 6.18 Å². The summed E-state index contributed by atoms with van der Waals surface area (Å²) in [5.74, 6) is 6.45. The van der Waals surface area contributed by atoms with E-state index in [0.717, 1.165) is 71.9 Å². The quantitative estimate of drug-likeness (QED) is 0.138. The topological polar surface area (TPSA) is 212 Å². The zero-order valence-electron chi connectivity index (χ0n) is 46.4. The number of alkyl halides is 3. The van der Waals surface area contributed by atoms with Crippen LogP contribution in [0.3, 0.4) is 0 Å². The fraction of sp³-hybridized carbons (Fsp3) is 0.138. The Labute approximate surface area is 477 Å². The van der Waals surface area contributed by atoms with Gasteiger partial charge in [-0.25, -0.2) is 59.8 Å². The fourth-order valence-electron chi connectivity index (χ4n) is 11.3. The Morgan fingerprint density at radius 1 is 0.333 bits per heavy atom. The lowest BCUT2D eigenvalue weighted by Crippen LogP contribution is -2.08. The summed E-state index contributed by atoms with van der Waals surface area (Å²) in [7, 11) is 0. The smallest absolute Gasteiger partial charge is 0.309 e. The zero-order valence-corrected chi connectivity index (χ0v) is 46.4. The Balaban J connectivity index is 1.12. The summed E-state index contributed by atoms with van der Waals surface area (Å²) in [6.07, 6.45) is -4.88. The molecule has 0 saturated heterocycles. The summed E-state index contributed by atoms with van der Waals surface area (Å²) in [5.41, 5.74) is 7.01. The summed E-state index contributed by atoms with van der Waals surface area (Å²) in [4.78, 5) is 55.2. The van der Waals surface area contributed by atoms with Crippen LogP contribution >= 0.6 is 0 Å². The number of fused-ring (bicyclic) bond motifs is 6. The molecule has 0 amide bonds. The molecule has 84 heavy (non-hydrogen) atoms. The number of aromatic nitrogens is 14. The molecule has 13 rings (SSSR count). The van der Waals surface area contributed by atoms with Crippen molar-refractivity contribution in [2.45, 2.75) is 61.6 Å². The third kappa shape index (κ3) is 9.23. The maximum Gasteiger partial charge on any atom is 0.417 e. The van der Waals surface area contributed by atoms with Crippen molar-refractivity contribution in [3.05, 3.63) is 191 Å². The largest absolute Gasteiger partial charge is 0.417 e. The van der Waals surface area contributed by atoms with E-state index in [0.29, 0.717) is 92.4 Å². The van der Waals surface area contributed by atoms with E-state index in [1.165, 1.54) is 12.1 Å². The van der Waals surface area contributed by atoms with Gasteiger partial charge in [-0.05, 0) is 187 Å². The first kappa shape index (κ1) is 52.3. The first-order chi connectivity index (χ1) is 40.4. The van der Waals surface area contributed by atoms with E-state index in [4.69, 9.17) is 39.9 Å². The van der Waals surface area contributed by atoms with Gasteiger partial charge in [0.25, 0.3) is 0 Å². The van der Waals surface area contributed by atoms with Crippen LogP contribution < -0.4 is 0 Å². The molecule has 19 heteroatoms. The van der Waals surface area contributed by atoms with Crippen molar-refractivity contribution >= 4 is 43.6 Å². The molecule has 0 unspecified atom stereocenters. The van der Waals surface area contributed by atoms with Crippen LogP contribution in [0.2, 0.25) is 0 Å². The minimum atomic E-state index is -4.88. The van der Waals surface area contributed by atoms with Gasteiger partial charge in [0.1, 0.15) is 46.6 Å². The molecule has 0 fully saturated rings. The molecular formula is C65H45F3N16. The molecule has 6 heterocycles. The molecule has 0 aliphatic carbocycles. The highest BCUT2D eigenvalue weighted by Gasteiger charge is 2.35. The van der Waals surface area contributed by atoms with Gasteiger partial charge in [0.2, 0.25) is 0 Å². The molecule has 6 aromatic heterocycles. The lowest BCUT2D eigenvalue weighted by molar-refractivity contribution is -0.137. The molecule has 0 N–H and O–H groups in total. The van der Waals surface area contributed by atoms with Crippen LogP contribution in [0, 0.1) is 78.1 Å². The van der Waals surface area contributed by atoms with E-state index in [9.17, 15) is 10.5 Å². The van der Waals surface area contributed by atoms with Crippen molar-refractivity contribution < 1.29 is 13.2 Å². The predicted molar refractivity (Wildman–Crippen MR) is 314 cm³/mol. The van der Waals surface area contributed by atoms with Gasteiger partial charge in [-0.2, -0.15) is 23.7 Å². The van der Waals surface area contributed by atoms with Crippen LogP contribution in [0.4, 0.5) is 13.2 Å². The maximum absolute atomic E-state index is 15.6. The molecule has 0 spiro atoms. The van der Waals surface area contributed by atoms with Crippen molar-refractivity contribution in [3.63, 3.8) is 0 Å². The van der Waals surface area contributed by atoms with E-state index < -0.39 is 11.7 Å². The van der Waals surface area contributed by atoms with Crippen LogP contribution in [0.25, 0.3) is 123 Å². The van der Waals surface area contributed by atoms with E-state index in [1.54, 1.807) is 24.3 Å². The fourth-order valence-corrected chi connectivity index (χ4v) is 11.3. The summed E-state index contributed by atoms with van der Waals surface area (Å²) in [5, 5.41) is 23.9. The number of nitriles is 2. The number of hydrogen-bond acceptors (Lipinski definition) is 14. The summed E-state index contributed by atoms with van der Waals surface area (Å²) in [6.45, 7) is 14.5. The highest BCUT2D eigenvalue weighted by molar-refractivity contribution is 6.13. The van der Waals surface area contributed by atoms with E-state index in [2.05, 4.69) is 35.1 Å². The van der Waals surface area contributed by atoms with Crippen LogP contribution in [0.15, 0.2) is 127 Å². The normalized spacial score (nSPS) is 11.7. The van der Waals surface area contributed by atoms with Crippen molar-refractivity contribution in [2.24, 2.45) is 0 Å². The third-order valence-corrected chi connectivity index (χ3v) is 14.7. The molecule has 7 aromatic carbocycles. The molecule has 0 radical (unpaired) electrons. The summed E-state index contributed by atoms with van der Waals surface area (Å²) >= 11 is 0. The highest BCUT2D eigenvalue weighted by atomic mass is 19.4. The second-order valence-corrected chi connectivity index (χ2v) is 20.6. The molecule has 0 aliphatic heterocycles. The van der Waals surface area contributed by atoms with Gasteiger partial charge in [0.15, 0.2) is 23.3 Å². The molecule has 0 bridgehead atoms. The Hall–Kier alpha value is -11.1. The first-order valence-electron chi connectivity index (χ1n) is 26.6. The molecule has 0 saturated carbocycles. The van der Waals surface area contributed by atoms with Crippen molar-refractivity contribution in [1.82, 2.24) is 68.9 Å². The predicted octanol–water partition coefficient (Wildman–Crippen LogP) is 13.9. The van der Waals surface area contributed by atoms with Crippen LogP contribution in [0.5, 0.6) is 0 Å². The maximum atomic E-state index is 15.6. The lowest BCUT2D eigenvalue weighted by atomic mass is 9.89. The second-order valence-electron chi connectivity index (χ2n) is 20.6. The van der Waals surface area contributed by atoms with Crippen molar-refractivity contribution in [1.29, 1.82) is 10.5 Å². The van der Waals surface area contributed by atoms with E-state index >= 15 is 13.2 Å². The number of hydrogen-bond donors (Lipinski definition) is 0. The Kier molecular flexibility index (Phi) is 12.4. The minimum Gasteiger partial charge on any atom is -0.309 e. The molecular weight excluding hydrogens is 1060 g/mol. The summed E-state index contributed by atoms with van der Waals surface area (Å²) < 4.78 is 50.9. The van der Waals surface area contributed by atoms with Crippen LogP contribution in [0.1, 0.15) is 63.3 Å². The molecule has 406 valence electrons. The number of rotatable bonds is 8. The van der Waals surface area contributed by atoms with E-state index in [1.807, 2.05) is 146 Å². The van der Waals surface area contributed by atoms with Gasteiger partial charge in [-0.3, -0.25) is 0 Å². The van der Waals surface area contributed by atoms with Gasteiger partial charge in [-0.15, -0.1) is 0 Å². The molecule has 0 aliphatic rings. The zero-order chi connectivity index (χ0) is 58.5. The van der Waals surface area contributed by atoms with Crippen LogP contribution in [-0.4, -0.2) is 68.9 Å². The second kappa shape index (κ2) is 19.9.